The first kappa shape index (κ1) is 19.2. The van der Waals surface area contributed by atoms with Gasteiger partial charge >= 0.3 is 0 Å². The second kappa shape index (κ2) is 9.41. The van der Waals surface area contributed by atoms with E-state index in [1.54, 1.807) is 42.7 Å². The quantitative estimate of drug-likeness (QED) is 0.621. The number of furan rings is 1. The number of hydrogen-bond donors (Lipinski definition) is 2. The van der Waals surface area contributed by atoms with Crippen LogP contribution in [-0.2, 0) is 11.3 Å². The number of nitrogens with one attached hydrogen (secondary N) is 2. The SMILES string of the molecule is CCC(Oc1ccccc1)C(=O)Nc1ccc(C(=O)NCc2ccco2)cc1. The molecule has 0 radical (unpaired) electrons. The number of carbonyl (C=O) groups excluding carboxylic acids is 2. The first-order valence-electron chi connectivity index (χ1n) is 9.09. The average Bonchev–Trinajstić information content (AvgIpc) is 3.25. The van der Waals surface area contributed by atoms with E-state index in [9.17, 15) is 9.59 Å². The lowest BCUT2D eigenvalue weighted by Gasteiger charge is -2.17. The lowest BCUT2D eigenvalue weighted by atomic mass is 10.2. The van der Waals surface area contributed by atoms with E-state index < -0.39 is 6.10 Å². The predicted molar refractivity (Wildman–Crippen MR) is 106 cm³/mol. The summed E-state index contributed by atoms with van der Waals surface area (Å²) in [5.74, 6) is 0.879. The largest absolute Gasteiger partial charge is 0.481 e. The fourth-order valence-electron chi connectivity index (χ4n) is 2.60. The summed E-state index contributed by atoms with van der Waals surface area (Å²) in [4.78, 5) is 24.6. The van der Waals surface area contributed by atoms with Gasteiger partial charge in [-0.25, -0.2) is 0 Å². The van der Waals surface area contributed by atoms with Crippen molar-refractivity contribution in [1.29, 1.82) is 0 Å². The molecular weight excluding hydrogens is 356 g/mol. The Labute approximate surface area is 163 Å². The highest BCUT2D eigenvalue weighted by molar-refractivity contribution is 5.96. The molecule has 0 bridgehead atoms. The number of rotatable bonds is 8. The van der Waals surface area contributed by atoms with Gasteiger partial charge < -0.3 is 19.8 Å². The molecule has 0 saturated carbocycles. The minimum atomic E-state index is -0.598. The van der Waals surface area contributed by atoms with Gasteiger partial charge in [0.2, 0.25) is 0 Å². The van der Waals surface area contributed by atoms with Crippen LogP contribution < -0.4 is 15.4 Å². The fourth-order valence-corrected chi connectivity index (χ4v) is 2.60. The Hall–Kier alpha value is -3.54. The highest BCUT2D eigenvalue weighted by Gasteiger charge is 2.18. The Balaban J connectivity index is 1.55. The summed E-state index contributed by atoms with van der Waals surface area (Å²) in [6.07, 6.45) is 1.50. The van der Waals surface area contributed by atoms with Crippen molar-refractivity contribution in [2.45, 2.75) is 26.0 Å². The van der Waals surface area contributed by atoms with Crippen LogP contribution in [0.25, 0.3) is 0 Å². The summed E-state index contributed by atoms with van der Waals surface area (Å²) in [7, 11) is 0. The second-order valence-corrected chi connectivity index (χ2v) is 6.16. The first-order chi connectivity index (χ1) is 13.7. The molecule has 3 aromatic rings. The summed E-state index contributed by atoms with van der Waals surface area (Å²) < 4.78 is 10.9. The van der Waals surface area contributed by atoms with E-state index in [-0.39, 0.29) is 11.8 Å². The van der Waals surface area contributed by atoms with Crippen molar-refractivity contribution < 1.29 is 18.7 Å². The highest BCUT2D eigenvalue weighted by atomic mass is 16.5. The van der Waals surface area contributed by atoms with Crippen LogP contribution in [-0.4, -0.2) is 17.9 Å². The van der Waals surface area contributed by atoms with E-state index in [1.807, 2.05) is 37.3 Å². The maximum atomic E-state index is 12.5. The lowest BCUT2D eigenvalue weighted by molar-refractivity contribution is -0.122. The molecule has 6 heteroatoms. The van der Waals surface area contributed by atoms with Crippen molar-refractivity contribution in [3.05, 3.63) is 84.3 Å². The normalized spacial score (nSPS) is 11.5. The Kier molecular flexibility index (Phi) is 6.46. The van der Waals surface area contributed by atoms with Gasteiger partial charge in [-0.1, -0.05) is 25.1 Å². The zero-order valence-electron chi connectivity index (χ0n) is 15.6. The Morgan fingerprint density at radius 3 is 2.39 bits per heavy atom. The number of amides is 2. The molecule has 0 saturated heterocycles. The third-order valence-electron chi connectivity index (χ3n) is 4.10. The van der Waals surface area contributed by atoms with Crippen LogP contribution in [0, 0.1) is 0 Å². The standard InChI is InChI=1S/C22H22N2O4/c1-2-20(28-18-7-4-3-5-8-18)22(26)24-17-12-10-16(11-13-17)21(25)23-15-19-9-6-14-27-19/h3-14,20H,2,15H2,1H3,(H,23,25)(H,24,26). The van der Waals surface area contributed by atoms with Crippen molar-refractivity contribution in [3.8, 4) is 5.75 Å². The van der Waals surface area contributed by atoms with Crippen LogP contribution in [0.1, 0.15) is 29.5 Å². The van der Waals surface area contributed by atoms with Crippen molar-refractivity contribution in [3.63, 3.8) is 0 Å². The number of benzene rings is 2. The Bertz CT molecular complexity index is 890. The van der Waals surface area contributed by atoms with Gasteiger partial charge in [0.15, 0.2) is 6.10 Å². The zero-order chi connectivity index (χ0) is 19.8. The minimum absolute atomic E-state index is 0.215. The van der Waals surface area contributed by atoms with Gasteiger partial charge in [-0.2, -0.15) is 0 Å². The molecule has 0 aliphatic rings. The van der Waals surface area contributed by atoms with E-state index in [0.29, 0.717) is 35.7 Å². The third-order valence-corrected chi connectivity index (χ3v) is 4.10. The fraction of sp³-hybridized carbons (Fsp3) is 0.182. The lowest BCUT2D eigenvalue weighted by Crippen LogP contribution is -2.32. The molecule has 2 aromatic carbocycles. The van der Waals surface area contributed by atoms with E-state index in [2.05, 4.69) is 10.6 Å². The molecule has 1 heterocycles. The van der Waals surface area contributed by atoms with Crippen molar-refractivity contribution in [1.82, 2.24) is 5.32 Å². The van der Waals surface area contributed by atoms with Gasteiger partial charge in [0.05, 0.1) is 12.8 Å². The van der Waals surface area contributed by atoms with Crippen molar-refractivity contribution in [2.75, 3.05) is 5.32 Å². The minimum Gasteiger partial charge on any atom is -0.481 e. The molecule has 0 spiro atoms. The first-order valence-corrected chi connectivity index (χ1v) is 9.09. The maximum absolute atomic E-state index is 12.5. The van der Waals surface area contributed by atoms with E-state index >= 15 is 0 Å². The van der Waals surface area contributed by atoms with Crippen LogP contribution in [0.5, 0.6) is 5.75 Å². The molecule has 28 heavy (non-hydrogen) atoms. The number of carbonyl (C=O) groups is 2. The van der Waals surface area contributed by atoms with E-state index in [4.69, 9.17) is 9.15 Å². The van der Waals surface area contributed by atoms with Crippen LogP contribution in [0.15, 0.2) is 77.4 Å². The predicted octanol–water partition coefficient (Wildman–Crippen LogP) is 4.01. The van der Waals surface area contributed by atoms with Crippen molar-refractivity contribution in [2.24, 2.45) is 0 Å². The maximum Gasteiger partial charge on any atom is 0.265 e. The second-order valence-electron chi connectivity index (χ2n) is 6.16. The molecule has 3 rings (SSSR count). The Morgan fingerprint density at radius 2 is 1.75 bits per heavy atom. The topological polar surface area (TPSA) is 80.6 Å². The van der Waals surface area contributed by atoms with Gasteiger partial charge in [0.25, 0.3) is 11.8 Å². The molecule has 6 nitrogen and oxygen atoms in total. The van der Waals surface area contributed by atoms with Crippen LogP contribution in [0.2, 0.25) is 0 Å². The number of anilines is 1. The smallest absolute Gasteiger partial charge is 0.265 e. The zero-order valence-corrected chi connectivity index (χ0v) is 15.6. The molecule has 2 amide bonds. The molecule has 1 unspecified atom stereocenters. The monoisotopic (exact) mass is 378 g/mol. The van der Waals surface area contributed by atoms with Gasteiger partial charge in [0.1, 0.15) is 11.5 Å². The molecular formula is C22H22N2O4. The summed E-state index contributed by atoms with van der Waals surface area (Å²) in [5, 5.41) is 5.60. The number of ether oxygens (including phenoxy) is 1. The highest BCUT2D eigenvalue weighted by Crippen LogP contribution is 2.15. The van der Waals surface area contributed by atoms with E-state index in [1.165, 1.54) is 0 Å². The number of para-hydroxylation sites is 1. The molecule has 0 aliphatic heterocycles. The van der Waals surface area contributed by atoms with Gasteiger partial charge in [-0.05, 0) is 55.0 Å². The number of hydrogen-bond acceptors (Lipinski definition) is 4. The Morgan fingerprint density at radius 1 is 1.00 bits per heavy atom. The summed E-state index contributed by atoms with van der Waals surface area (Å²) in [5.41, 5.74) is 1.10. The summed E-state index contributed by atoms with van der Waals surface area (Å²) in [6, 6.07) is 19.5. The van der Waals surface area contributed by atoms with Gasteiger partial charge in [0, 0.05) is 11.3 Å². The molecule has 1 atom stereocenters. The summed E-state index contributed by atoms with van der Waals surface area (Å²) >= 11 is 0. The average molecular weight is 378 g/mol. The van der Waals surface area contributed by atoms with E-state index in [0.717, 1.165) is 0 Å². The molecule has 0 aliphatic carbocycles. The van der Waals surface area contributed by atoms with Crippen molar-refractivity contribution >= 4 is 17.5 Å². The van der Waals surface area contributed by atoms with Gasteiger partial charge in [-0.3, -0.25) is 9.59 Å². The molecule has 144 valence electrons. The van der Waals surface area contributed by atoms with Crippen LogP contribution >= 0.6 is 0 Å². The van der Waals surface area contributed by atoms with Crippen LogP contribution in [0.4, 0.5) is 5.69 Å². The summed E-state index contributed by atoms with van der Waals surface area (Å²) in [6.45, 7) is 2.21. The third kappa shape index (κ3) is 5.23. The molecule has 0 fully saturated rings. The van der Waals surface area contributed by atoms with Crippen LogP contribution in [0.3, 0.4) is 0 Å². The molecule has 1 aromatic heterocycles. The molecule has 2 N–H and O–H groups in total. The van der Waals surface area contributed by atoms with Gasteiger partial charge in [-0.15, -0.1) is 0 Å².